The number of halogens is 2. The summed E-state index contributed by atoms with van der Waals surface area (Å²) in [5.74, 6) is 0.248. The Morgan fingerprint density at radius 1 is 1.28 bits per heavy atom. The van der Waals surface area contributed by atoms with Gasteiger partial charge in [0, 0.05) is 13.0 Å². The summed E-state index contributed by atoms with van der Waals surface area (Å²) in [5.41, 5.74) is 0.849. The first kappa shape index (κ1) is 15.8. The van der Waals surface area contributed by atoms with Crippen molar-refractivity contribution in [2.45, 2.75) is 39.4 Å². The second-order valence-electron chi connectivity index (χ2n) is 4.65. The van der Waals surface area contributed by atoms with Crippen LogP contribution in [-0.2, 0) is 11.2 Å². The largest absolute Gasteiger partial charge is 0.390 e. The molecule has 1 aromatic rings. The molecule has 0 bridgehead atoms. The number of ether oxygens (including phenoxy) is 1. The van der Waals surface area contributed by atoms with Gasteiger partial charge in [-0.1, -0.05) is 49.2 Å². The normalized spacial score (nSPS) is 14.8. The highest BCUT2D eigenvalue weighted by Crippen LogP contribution is 2.27. The van der Waals surface area contributed by atoms with E-state index in [0.29, 0.717) is 23.1 Å². The van der Waals surface area contributed by atoms with E-state index in [1.54, 1.807) is 6.07 Å². The van der Waals surface area contributed by atoms with Gasteiger partial charge >= 0.3 is 0 Å². The van der Waals surface area contributed by atoms with Crippen molar-refractivity contribution in [1.29, 1.82) is 0 Å². The first-order valence-corrected chi connectivity index (χ1v) is 6.95. The quantitative estimate of drug-likeness (QED) is 0.859. The summed E-state index contributed by atoms with van der Waals surface area (Å²) in [6, 6.07) is 5.45. The minimum atomic E-state index is -0.582. The third-order valence-corrected chi connectivity index (χ3v) is 3.71. The molecule has 1 aromatic carbocycles. The molecule has 0 aliphatic rings. The van der Waals surface area contributed by atoms with E-state index in [1.807, 2.05) is 32.9 Å². The fraction of sp³-hybridized carbons (Fsp3) is 0.571. The van der Waals surface area contributed by atoms with Gasteiger partial charge in [0.05, 0.1) is 22.3 Å². The molecule has 0 heterocycles. The molecule has 0 saturated carbocycles. The van der Waals surface area contributed by atoms with Gasteiger partial charge in [0.2, 0.25) is 0 Å². The topological polar surface area (TPSA) is 29.5 Å². The Morgan fingerprint density at radius 2 is 1.94 bits per heavy atom. The van der Waals surface area contributed by atoms with Gasteiger partial charge in [-0.2, -0.15) is 0 Å². The molecule has 0 amide bonds. The molecule has 102 valence electrons. The standard InChI is InChI=1S/C14H20Cl2O2/c1-4-18-14(9(2)3)12(17)8-10-6-5-7-11(15)13(10)16/h5-7,9,12,14,17H,4,8H2,1-3H3. The highest BCUT2D eigenvalue weighted by molar-refractivity contribution is 6.42. The van der Waals surface area contributed by atoms with Crippen molar-refractivity contribution in [3.8, 4) is 0 Å². The van der Waals surface area contributed by atoms with Crippen molar-refractivity contribution in [1.82, 2.24) is 0 Å². The number of hydrogen-bond donors (Lipinski definition) is 1. The zero-order valence-corrected chi connectivity index (χ0v) is 12.5. The van der Waals surface area contributed by atoms with E-state index in [1.165, 1.54) is 0 Å². The van der Waals surface area contributed by atoms with Crippen molar-refractivity contribution in [3.05, 3.63) is 33.8 Å². The van der Waals surface area contributed by atoms with Gasteiger partial charge in [0.25, 0.3) is 0 Å². The molecule has 1 N–H and O–H groups in total. The van der Waals surface area contributed by atoms with E-state index < -0.39 is 6.10 Å². The molecular weight excluding hydrogens is 271 g/mol. The van der Waals surface area contributed by atoms with Crippen LogP contribution >= 0.6 is 23.2 Å². The molecule has 0 aliphatic heterocycles. The van der Waals surface area contributed by atoms with E-state index in [-0.39, 0.29) is 12.0 Å². The predicted octanol–water partition coefficient (Wildman–Crippen LogP) is 3.96. The molecule has 2 nitrogen and oxygen atoms in total. The average molecular weight is 291 g/mol. The van der Waals surface area contributed by atoms with E-state index in [9.17, 15) is 5.11 Å². The molecule has 2 atom stereocenters. The van der Waals surface area contributed by atoms with Crippen LogP contribution in [0.2, 0.25) is 10.0 Å². The van der Waals surface area contributed by atoms with Crippen LogP contribution in [0.15, 0.2) is 18.2 Å². The minimum absolute atomic E-state index is 0.190. The van der Waals surface area contributed by atoms with Gasteiger partial charge in [0.1, 0.15) is 0 Å². The van der Waals surface area contributed by atoms with Gasteiger partial charge < -0.3 is 9.84 Å². The van der Waals surface area contributed by atoms with Gasteiger partial charge in [-0.05, 0) is 24.5 Å². The van der Waals surface area contributed by atoms with E-state index >= 15 is 0 Å². The van der Waals surface area contributed by atoms with Crippen LogP contribution in [0.5, 0.6) is 0 Å². The average Bonchev–Trinajstić information content (AvgIpc) is 2.31. The molecule has 2 unspecified atom stereocenters. The second kappa shape index (κ2) is 7.34. The Morgan fingerprint density at radius 3 is 2.50 bits per heavy atom. The first-order valence-electron chi connectivity index (χ1n) is 6.19. The second-order valence-corrected chi connectivity index (χ2v) is 5.43. The third-order valence-electron chi connectivity index (χ3n) is 2.86. The summed E-state index contributed by atoms with van der Waals surface area (Å²) >= 11 is 12.1. The summed E-state index contributed by atoms with van der Waals surface area (Å²) < 4.78 is 5.58. The molecular formula is C14H20Cl2O2. The molecule has 0 spiro atoms. The third kappa shape index (κ3) is 4.13. The minimum Gasteiger partial charge on any atom is -0.390 e. The summed E-state index contributed by atoms with van der Waals surface area (Å²) in [4.78, 5) is 0. The van der Waals surface area contributed by atoms with Crippen molar-refractivity contribution in [2.24, 2.45) is 5.92 Å². The molecule has 0 radical (unpaired) electrons. The summed E-state index contributed by atoms with van der Waals surface area (Å²) in [7, 11) is 0. The maximum Gasteiger partial charge on any atom is 0.0859 e. The van der Waals surface area contributed by atoms with Crippen LogP contribution in [-0.4, -0.2) is 23.9 Å². The summed E-state index contributed by atoms with van der Waals surface area (Å²) in [5, 5.41) is 11.3. The fourth-order valence-electron chi connectivity index (χ4n) is 1.99. The van der Waals surface area contributed by atoms with Crippen LogP contribution < -0.4 is 0 Å². The van der Waals surface area contributed by atoms with Crippen LogP contribution in [0, 0.1) is 5.92 Å². The molecule has 0 aliphatic carbocycles. The van der Waals surface area contributed by atoms with E-state index in [2.05, 4.69) is 0 Å². The summed E-state index contributed by atoms with van der Waals surface area (Å²) in [6.07, 6.45) is -0.326. The number of hydrogen-bond acceptors (Lipinski definition) is 2. The smallest absolute Gasteiger partial charge is 0.0859 e. The number of aliphatic hydroxyl groups is 1. The molecule has 4 heteroatoms. The molecule has 0 saturated heterocycles. The number of aliphatic hydroxyl groups excluding tert-OH is 1. The van der Waals surface area contributed by atoms with E-state index in [4.69, 9.17) is 27.9 Å². The maximum atomic E-state index is 10.3. The Balaban J connectivity index is 2.79. The lowest BCUT2D eigenvalue weighted by molar-refractivity contribution is -0.0562. The van der Waals surface area contributed by atoms with Crippen molar-refractivity contribution in [2.75, 3.05) is 6.61 Å². The zero-order valence-electron chi connectivity index (χ0n) is 11.0. The Hall–Kier alpha value is -0.280. The van der Waals surface area contributed by atoms with Crippen LogP contribution in [0.3, 0.4) is 0 Å². The van der Waals surface area contributed by atoms with Crippen LogP contribution in [0.25, 0.3) is 0 Å². The van der Waals surface area contributed by atoms with Crippen LogP contribution in [0.1, 0.15) is 26.3 Å². The monoisotopic (exact) mass is 290 g/mol. The van der Waals surface area contributed by atoms with Gasteiger partial charge in [0.15, 0.2) is 0 Å². The molecule has 1 rings (SSSR count). The van der Waals surface area contributed by atoms with Crippen molar-refractivity contribution in [3.63, 3.8) is 0 Å². The Bertz CT molecular complexity index is 380. The van der Waals surface area contributed by atoms with Gasteiger partial charge in [-0.25, -0.2) is 0 Å². The van der Waals surface area contributed by atoms with Gasteiger partial charge in [-0.15, -0.1) is 0 Å². The van der Waals surface area contributed by atoms with Gasteiger partial charge in [-0.3, -0.25) is 0 Å². The highest BCUT2D eigenvalue weighted by Gasteiger charge is 2.24. The van der Waals surface area contributed by atoms with Crippen molar-refractivity contribution >= 4 is 23.2 Å². The lowest BCUT2D eigenvalue weighted by atomic mass is 9.96. The van der Waals surface area contributed by atoms with E-state index in [0.717, 1.165) is 5.56 Å². The molecule has 0 fully saturated rings. The molecule has 0 aromatic heterocycles. The van der Waals surface area contributed by atoms with Crippen LogP contribution in [0.4, 0.5) is 0 Å². The summed E-state index contributed by atoms with van der Waals surface area (Å²) in [6.45, 7) is 6.57. The zero-order chi connectivity index (χ0) is 13.7. The lowest BCUT2D eigenvalue weighted by Crippen LogP contribution is -2.35. The molecule has 18 heavy (non-hydrogen) atoms. The Kier molecular flexibility index (Phi) is 6.44. The van der Waals surface area contributed by atoms with Crippen molar-refractivity contribution < 1.29 is 9.84 Å². The first-order chi connectivity index (χ1) is 8.47. The number of rotatable bonds is 6. The lowest BCUT2D eigenvalue weighted by Gasteiger charge is -2.26. The Labute approximate surface area is 119 Å². The predicted molar refractivity (Wildman–Crippen MR) is 76.4 cm³/mol. The number of benzene rings is 1. The maximum absolute atomic E-state index is 10.3. The fourth-order valence-corrected chi connectivity index (χ4v) is 2.39. The SMILES string of the molecule is CCOC(C(C)C)C(O)Cc1cccc(Cl)c1Cl. The highest BCUT2D eigenvalue weighted by atomic mass is 35.5.